The molecule has 0 saturated carbocycles. The summed E-state index contributed by atoms with van der Waals surface area (Å²) in [5.41, 5.74) is -6.18. The van der Waals surface area contributed by atoms with Crippen LogP contribution in [0.1, 0.15) is 10.4 Å². The summed E-state index contributed by atoms with van der Waals surface area (Å²) in [7, 11) is 2.47. The number of hydrogen-bond acceptors (Lipinski definition) is 6. The molecule has 0 atom stereocenters. The van der Waals surface area contributed by atoms with E-state index in [1.165, 1.54) is 7.11 Å². The zero-order valence-electron chi connectivity index (χ0n) is 17.7. The van der Waals surface area contributed by atoms with E-state index >= 15 is 0 Å². The number of alkyl halides is 3. The second kappa shape index (κ2) is 12.3. The van der Waals surface area contributed by atoms with Crippen LogP contribution in [0.15, 0.2) is 41.3 Å². The Labute approximate surface area is 199 Å². The summed E-state index contributed by atoms with van der Waals surface area (Å²) in [6, 6.07) is 3.85. The molecule has 34 heavy (non-hydrogen) atoms. The summed E-state index contributed by atoms with van der Waals surface area (Å²) < 4.78 is 90.6. The second-order valence-electron chi connectivity index (χ2n) is 6.33. The maximum absolute atomic E-state index is 14.7. The fourth-order valence-electron chi connectivity index (χ4n) is 2.74. The summed E-state index contributed by atoms with van der Waals surface area (Å²) in [5.74, 6) is -5.01. The summed E-state index contributed by atoms with van der Waals surface area (Å²) in [6.45, 7) is -1.02. The molecule has 3 amide bonds. The third-order valence-corrected chi connectivity index (χ3v) is 5.41. The van der Waals surface area contributed by atoms with Gasteiger partial charge < -0.3 is 8.92 Å². The van der Waals surface area contributed by atoms with Crippen molar-refractivity contribution in [3.05, 3.63) is 59.4 Å². The molecule has 0 aliphatic carbocycles. The minimum atomic E-state index is -4.66. The van der Waals surface area contributed by atoms with Crippen molar-refractivity contribution in [2.24, 2.45) is 0 Å². The number of thioether (sulfide) groups is 1. The number of imide groups is 1. The molecule has 0 radical (unpaired) electrons. The zero-order chi connectivity index (χ0) is 25.5. The Bertz CT molecular complexity index is 1000. The van der Waals surface area contributed by atoms with Crippen LogP contribution in [0.3, 0.4) is 0 Å². The van der Waals surface area contributed by atoms with Gasteiger partial charge in [0.25, 0.3) is 5.91 Å². The SMILES string of the molecule is COCN(C(=O)N(CCSOC)C(=O)c1c(F)cccc1F)c1ccc(SC(F)(F)F)cc1F. The number of halogens is 6. The fraction of sp³-hybridized carbons (Fsp3) is 0.300. The first-order chi connectivity index (χ1) is 16.0. The van der Waals surface area contributed by atoms with Crippen LogP contribution in [0.5, 0.6) is 0 Å². The lowest BCUT2D eigenvalue weighted by molar-refractivity contribution is -0.0328. The van der Waals surface area contributed by atoms with Crippen molar-refractivity contribution in [2.45, 2.75) is 10.4 Å². The smallest absolute Gasteiger partial charge is 0.364 e. The van der Waals surface area contributed by atoms with Gasteiger partial charge >= 0.3 is 11.5 Å². The zero-order valence-corrected chi connectivity index (χ0v) is 19.3. The Morgan fingerprint density at radius 3 is 2.18 bits per heavy atom. The maximum atomic E-state index is 14.7. The number of methoxy groups -OCH3 is 1. The molecule has 0 aliphatic heterocycles. The van der Waals surface area contributed by atoms with Gasteiger partial charge in [-0.25, -0.2) is 18.0 Å². The number of hydrogen-bond donors (Lipinski definition) is 0. The molecular formula is C20H18F6N2O4S2. The Hall–Kier alpha value is -2.42. The summed E-state index contributed by atoms with van der Waals surface area (Å²) >= 11 is 0.282. The van der Waals surface area contributed by atoms with E-state index in [-0.39, 0.29) is 5.75 Å². The molecule has 14 heteroatoms. The van der Waals surface area contributed by atoms with Gasteiger partial charge in [-0.15, -0.1) is 0 Å². The molecule has 0 unspecified atom stereocenters. The lowest BCUT2D eigenvalue weighted by Crippen LogP contribution is -2.48. The molecule has 0 spiro atoms. The number of carbonyl (C=O) groups is 2. The molecule has 0 aliphatic rings. The summed E-state index contributed by atoms with van der Waals surface area (Å²) in [4.78, 5) is 26.8. The number of urea groups is 1. The highest BCUT2D eigenvalue weighted by atomic mass is 32.2. The van der Waals surface area contributed by atoms with E-state index < -0.39 is 76.1 Å². The monoisotopic (exact) mass is 528 g/mol. The fourth-order valence-corrected chi connectivity index (χ4v) is 3.73. The van der Waals surface area contributed by atoms with Gasteiger partial charge in [0.1, 0.15) is 29.7 Å². The van der Waals surface area contributed by atoms with E-state index in [4.69, 9.17) is 8.92 Å². The number of amides is 3. The summed E-state index contributed by atoms with van der Waals surface area (Å²) in [6.07, 6.45) is 0. The molecule has 0 saturated heterocycles. The van der Waals surface area contributed by atoms with Gasteiger partial charge in [-0.3, -0.25) is 14.6 Å². The number of benzene rings is 2. The topological polar surface area (TPSA) is 59.1 Å². The van der Waals surface area contributed by atoms with Crippen molar-refractivity contribution >= 4 is 41.4 Å². The van der Waals surface area contributed by atoms with Gasteiger partial charge in [0.05, 0.1) is 12.8 Å². The molecule has 0 bridgehead atoms. The molecule has 0 heterocycles. The number of anilines is 1. The molecule has 186 valence electrons. The van der Waals surface area contributed by atoms with Crippen LogP contribution in [0.2, 0.25) is 0 Å². The van der Waals surface area contributed by atoms with Crippen molar-refractivity contribution < 1.29 is 44.9 Å². The average Bonchev–Trinajstić information content (AvgIpc) is 2.74. The first-order valence-electron chi connectivity index (χ1n) is 9.27. The molecule has 0 N–H and O–H groups in total. The van der Waals surface area contributed by atoms with E-state index in [1.807, 2.05) is 0 Å². The second-order valence-corrected chi connectivity index (χ2v) is 8.45. The third-order valence-electron chi connectivity index (χ3n) is 4.10. The van der Waals surface area contributed by atoms with Crippen LogP contribution in [-0.4, -0.2) is 55.6 Å². The van der Waals surface area contributed by atoms with Gasteiger partial charge in [0.15, 0.2) is 0 Å². The maximum Gasteiger partial charge on any atom is 0.446 e. The quantitative estimate of drug-likeness (QED) is 0.137. The van der Waals surface area contributed by atoms with Crippen LogP contribution in [-0.2, 0) is 8.92 Å². The highest BCUT2D eigenvalue weighted by Gasteiger charge is 2.33. The van der Waals surface area contributed by atoms with Gasteiger partial charge in [-0.2, -0.15) is 13.2 Å². The van der Waals surface area contributed by atoms with Crippen molar-refractivity contribution in [1.29, 1.82) is 0 Å². The predicted octanol–water partition coefficient (Wildman–Crippen LogP) is 5.68. The van der Waals surface area contributed by atoms with Crippen molar-refractivity contribution in [3.63, 3.8) is 0 Å². The van der Waals surface area contributed by atoms with Crippen LogP contribution in [0, 0.1) is 17.5 Å². The van der Waals surface area contributed by atoms with Crippen LogP contribution >= 0.6 is 23.8 Å². The lowest BCUT2D eigenvalue weighted by Gasteiger charge is -2.29. The van der Waals surface area contributed by atoms with Gasteiger partial charge in [-0.05, 0) is 54.1 Å². The highest BCUT2D eigenvalue weighted by molar-refractivity contribution is 8.00. The molecule has 2 aromatic carbocycles. The molecule has 2 rings (SSSR count). The molecule has 0 aromatic heterocycles. The summed E-state index contributed by atoms with van der Waals surface area (Å²) in [5, 5.41) is 0. The standard InChI is InChI=1S/C20H18F6N2O4S2/c1-31-11-28(16-7-6-12(10-15(16)23)34-20(24,25)26)19(30)27(8-9-33-32-2)18(29)17-13(21)4-3-5-14(17)22/h3-7,10H,8-9,11H2,1-2H3. The van der Waals surface area contributed by atoms with E-state index in [1.54, 1.807) is 0 Å². The number of ether oxygens (including phenoxy) is 1. The minimum absolute atomic E-state index is 0.00544. The average molecular weight is 528 g/mol. The minimum Gasteiger partial charge on any atom is -0.364 e. The Balaban J connectivity index is 2.46. The van der Waals surface area contributed by atoms with Crippen LogP contribution in [0.4, 0.5) is 36.8 Å². The number of rotatable bonds is 9. The van der Waals surface area contributed by atoms with Crippen LogP contribution in [0.25, 0.3) is 0 Å². The normalized spacial score (nSPS) is 11.4. The Kier molecular flexibility index (Phi) is 10.1. The van der Waals surface area contributed by atoms with Gasteiger partial charge in [0.2, 0.25) is 0 Å². The first-order valence-corrected chi connectivity index (χ1v) is 11.0. The first kappa shape index (κ1) is 27.8. The van der Waals surface area contributed by atoms with E-state index in [2.05, 4.69) is 0 Å². The molecule has 0 fully saturated rings. The van der Waals surface area contributed by atoms with Crippen LogP contribution < -0.4 is 4.90 Å². The van der Waals surface area contributed by atoms with Gasteiger partial charge in [0, 0.05) is 24.3 Å². The third kappa shape index (κ3) is 7.29. The van der Waals surface area contributed by atoms with Crippen molar-refractivity contribution in [3.8, 4) is 0 Å². The van der Waals surface area contributed by atoms with E-state index in [0.29, 0.717) is 15.9 Å². The molecular weight excluding hydrogens is 510 g/mol. The number of carbonyl (C=O) groups excluding carboxylic acids is 2. The van der Waals surface area contributed by atoms with Gasteiger partial charge in [-0.1, -0.05) is 6.07 Å². The molecule has 6 nitrogen and oxygen atoms in total. The van der Waals surface area contributed by atoms with Crippen molar-refractivity contribution in [2.75, 3.05) is 38.1 Å². The number of nitrogens with zero attached hydrogens (tertiary/aromatic N) is 2. The van der Waals surface area contributed by atoms with E-state index in [0.717, 1.165) is 49.5 Å². The largest absolute Gasteiger partial charge is 0.446 e. The van der Waals surface area contributed by atoms with E-state index in [9.17, 15) is 35.9 Å². The predicted molar refractivity (Wildman–Crippen MR) is 115 cm³/mol. The Morgan fingerprint density at radius 2 is 1.65 bits per heavy atom. The highest BCUT2D eigenvalue weighted by Crippen LogP contribution is 2.38. The van der Waals surface area contributed by atoms with Crippen molar-refractivity contribution in [1.82, 2.24) is 4.90 Å². The molecule has 2 aromatic rings. The Morgan fingerprint density at radius 1 is 1.00 bits per heavy atom. The lowest BCUT2D eigenvalue weighted by atomic mass is 10.1.